The Kier molecular flexibility index (Phi) is 8.24. The number of nitrogens with zero attached hydrogens (tertiary/aromatic N) is 2. The van der Waals surface area contributed by atoms with Crippen LogP contribution in [0.1, 0.15) is 28.5 Å². The zero-order chi connectivity index (χ0) is 24.7. The van der Waals surface area contributed by atoms with Crippen LogP contribution in [0.5, 0.6) is 5.75 Å². The van der Waals surface area contributed by atoms with Crippen LogP contribution in [0.25, 0.3) is 0 Å². The average molecular weight is 494 g/mol. The van der Waals surface area contributed by atoms with Crippen molar-refractivity contribution in [1.82, 2.24) is 4.98 Å². The third-order valence-electron chi connectivity index (χ3n) is 4.45. The summed E-state index contributed by atoms with van der Waals surface area (Å²) in [6.07, 6.45) is -4.39. The van der Waals surface area contributed by atoms with Crippen molar-refractivity contribution in [2.24, 2.45) is 0 Å². The Morgan fingerprint density at radius 3 is 2.41 bits per heavy atom. The lowest BCUT2D eigenvalue weighted by Gasteiger charge is -2.20. The van der Waals surface area contributed by atoms with Gasteiger partial charge in [0.25, 0.3) is 0 Å². The Labute approximate surface area is 197 Å². The molecule has 0 atom stereocenters. The van der Waals surface area contributed by atoms with Crippen LogP contribution < -0.4 is 9.64 Å². The summed E-state index contributed by atoms with van der Waals surface area (Å²) in [7, 11) is 1.51. The largest absolute Gasteiger partial charge is 0.495 e. The van der Waals surface area contributed by atoms with Crippen molar-refractivity contribution >= 4 is 34.0 Å². The fourth-order valence-corrected chi connectivity index (χ4v) is 3.80. The number of amides is 1. The standard InChI is InChI=1S/C23H21F3N2O5S/c1-15(29)28(19-5-3-4-6-20(19)31-2)22-27-18(13-34-22)12-33-21(30)17-9-7-16(8-10-17)11-32-14-23(24,25)26/h3-10,13H,11-12,14H2,1-2H3. The number of ether oxygens (including phenoxy) is 3. The minimum atomic E-state index is -4.39. The number of benzene rings is 2. The number of thiazole rings is 1. The van der Waals surface area contributed by atoms with Crippen molar-refractivity contribution < 1.29 is 37.0 Å². The van der Waals surface area contributed by atoms with E-state index in [0.717, 1.165) is 0 Å². The molecular formula is C23H21F3N2O5S. The number of halogens is 3. The second-order valence-corrected chi connectivity index (χ2v) is 7.87. The fourth-order valence-electron chi connectivity index (χ4n) is 2.93. The molecule has 0 aliphatic carbocycles. The third kappa shape index (κ3) is 6.78. The minimum Gasteiger partial charge on any atom is -0.495 e. The molecule has 0 N–H and O–H groups in total. The van der Waals surface area contributed by atoms with Crippen LogP contribution in [0.3, 0.4) is 0 Å². The first-order chi connectivity index (χ1) is 16.2. The molecule has 3 rings (SSSR count). The molecule has 0 spiro atoms. The number of alkyl halides is 3. The number of para-hydroxylation sites is 2. The second kappa shape index (κ2) is 11.1. The van der Waals surface area contributed by atoms with Crippen molar-refractivity contribution in [3.8, 4) is 5.75 Å². The van der Waals surface area contributed by atoms with Gasteiger partial charge in [0.05, 0.1) is 30.7 Å². The van der Waals surface area contributed by atoms with Crippen LogP contribution in [0.2, 0.25) is 0 Å². The monoisotopic (exact) mass is 494 g/mol. The second-order valence-electron chi connectivity index (χ2n) is 7.03. The molecule has 0 fully saturated rings. The van der Waals surface area contributed by atoms with E-state index >= 15 is 0 Å². The average Bonchev–Trinajstić information content (AvgIpc) is 3.25. The number of hydrogen-bond donors (Lipinski definition) is 0. The predicted molar refractivity (Wildman–Crippen MR) is 119 cm³/mol. The lowest BCUT2D eigenvalue weighted by Crippen LogP contribution is -2.23. The Hall–Kier alpha value is -3.44. The van der Waals surface area contributed by atoms with Crippen LogP contribution in [0, 0.1) is 0 Å². The van der Waals surface area contributed by atoms with Gasteiger partial charge in [-0.1, -0.05) is 24.3 Å². The molecule has 0 saturated carbocycles. The number of esters is 1. The molecule has 0 unspecified atom stereocenters. The van der Waals surface area contributed by atoms with Gasteiger partial charge in [-0.05, 0) is 29.8 Å². The minimum absolute atomic E-state index is 0.122. The molecule has 1 aromatic heterocycles. The Morgan fingerprint density at radius 2 is 1.76 bits per heavy atom. The van der Waals surface area contributed by atoms with E-state index in [1.165, 1.54) is 54.5 Å². The summed E-state index contributed by atoms with van der Waals surface area (Å²) in [5.41, 5.74) is 1.71. The highest BCUT2D eigenvalue weighted by Crippen LogP contribution is 2.35. The molecule has 34 heavy (non-hydrogen) atoms. The number of anilines is 2. The molecule has 1 heterocycles. The first kappa shape index (κ1) is 25.2. The maximum atomic E-state index is 12.3. The van der Waals surface area contributed by atoms with Crippen LogP contribution in [0.15, 0.2) is 53.9 Å². The van der Waals surface area contributed by atoms with Gasteiger partial charge in [-0.3, -0.25) is 9.69 Å². The van der Waals surface area contributed by atoms with Gasteiger partial charge in [0.2, 0.25) is 5.91 Å². The van der Waals surface area contributed by atoms with Crippen molar-refractivity contribution in [1.29, 1.82) is 0 Å². The maximum absolute atomic E-state index is 12.3. The summed E-state index contributed by atoms with van der Waals surface area (Å²) < 4.78 is 51.6. The van der Waals surface area contributed by atoms with Crippen LogP contribution in [-0.2, 0) is 27.5 Å². The zero-order valence-corrected chi connectivity index (χ0v) is 19.1. The van der Waals surface area contributed by atoms with Gasteiger partial charge < -0.3 is 14.2 Å². The van der Waals surface area contributed by atoms with E-state index in [1.807, 2.05) is 0 Å². The van der Waals surface area contributed by atoms with E-state index in [0.29, 0.717) is 27.8 Å². The Bertz CT molecular complexity index is 1130. The SMILES string of the molecule is COc1ccccc1N(C(C)=O)c1nc(COC(=O)c2ccc(COCC(F)(F)F)cc2)cs1. The summed E-state index contributed by atoms with van der Waals surface area (Å²) in [4.78, 5) is 30.4. The topological polar surface area (TPSA) is 78.0 Å². The highest BCUT2D eigenvalue weighted by atomic mass is 32.1. The van der Waals surface area contributed by atoms with Gasteiger partial charge in [-0.15, -0.1) is 11.3 Å². The molecule has 7 nitrogen and oxygen atoms in total. The fraction of sp³-hybridized carbons (Fsp3) is 0.261. The molecule has 0 radical (unpaired) electrons. The van der Waals surface area contributed by atoms with Crippen molar-refractivity contribution in [2.45, 2.75) is 26.3 Å². The van der Waals surface area contributed by atoms with Crippen LogP contribution >= 0.6 is 11.3 Å². The lowest BCUT2D eigenvalue weighted by atomic mass is 10.1. The van der Waals surface area contributed by atoms with E-state index < -0.39 is 18.8 Å². The van der Waals surface area contributed by atoms with Gasteiger partial charge in [0.1, 0.15) is 19.0 Å². The number of aromatic nitrogens is 1. The molecule has 0 bridgehead atoms. The van der Waals surface area contributed by atoms with E-state index in [4.69, 9.17) is 9.47 Å². The molecule has 180 valence electrons. The molecule has 0 aliphatic heterocycles. The normalized spacial score (nSPS) is 11.2. The molecule has 2 aromatic carbocycles. The first-order valence-corrected chi connectivity index (χ1v) is 10.8. The molecule has 11 heteroatoms. The Morgan fingerprint density at radius 1 is 1.06 bits per heavy atom. The van der Waals surface area contributed by atoms with Crippen LogP contribution in [-0.4, -0.2) is 36.8 Å². The van der Waals surface area contributed by atoms with Crippen molar-refractivity contribution in [3.05, 3.63) is 70.7 Å². The highest BCUT2D eigenvalue weighted by molar-refractivity contribution is 7.14. The quantitative estimate of drug-likeness (QED) is 0.377. The number of methoxy groups -OCH3 is 1. The van der Waals surface area contributed by atoms with Gasteiger partial charge in [0, 0.05) is 12.3 Å². The summed E-state index contributed by atoms with van der Waals surface area (Å²) in [5.74, 6) is -0.375. The van der Waals surface area contributed by atoms with E-state index in [-0.39, 0.29) is 24.7 Å². The maximum Gasteiger partial charge on any atom is 0.411 e. The van der Waals surface area contributed by atoms with Crippen molar-refractivity contribution in [2.75, 3.05) is 18.6 Å². The molecule has 0 saturated heterocycles. The van der Waals surface area contributed by atoms with Crippen molar-refractivity contribution in [3.63, 3.8) is 0 Å². The molecule has 0 aliphatic rings. The molecule has 3 aromatic rings. The van der Waals surface area contributed by atoms with Crippen LogP contribution in [0.4, 0.5) is 24.0 Å². The van der Waals surface area contributed by atoms with Gasteiger partial charge in [0.15, 0.2) is 5.13 Å². The summed E-state index contributed by atoms with van der Waals surface area (Å²) >= 11 is 1.21. The first-order valence-electron chi connectivity index (χ1n) is 9.96. The predicted octanol–water partition coefficient (Wildman–Crippen LogP) is 5.27. The Balaban J connectivity index is 1.61. The third-order valence-corrected chi connectivity index (χ3v) is 5.32. The number of carbonyl (C=O) groups excluding carboxylic acids is 2. The summed E-state index contributed by atoms with van der Waals surface area (Å²) in [6, 6.07) is 12.9. The molecular weight excluding hydrogens is 473 g/mol. The summed E-state index contributed by atoms with van der Waals surface area (Å²) in [5, 5.41) is 2.07. The summed E-state index contributed by atoms with van der Waals surface area (Å²) in [6.45, 7) is -0.283. The number of hydrogen-bond acceptors (Lipinski definition) is 7. The number of rotatable bonds is 9. The van der Waals surface area contributed by atoms with Gasteiger partial charge >= 0.3 is 12.1 Å². The van der Waals surface area contributed by atoms with Gasteiger partial charge in [-0.25, -0.2) is 9.78 Å². The number of carbonyl (C=O) groups is 2. The highest BCUT2D eigenvalue weighted by Gasteiger charge is 2.27. The van der Waals surface area contributed by atoms with E-state index in [1.54, 1.807) is 29.6 Å². The van der Waals surface area contributed by atoms with E-state index in [9.17, 15) is 22.8 Å². The van der Waals surface area contributed by atoms with E-state index in [2.05, 4.69) is 9.72 Å². The van der Waals surface area contributed by atoms with Gasteiger partial charge in [-0.2, -0.15) is 13.2 Å². The lowest BCUT2D eigenvalue weighted by molar-refractivity contribution is -0.176. The smallest absolute Gasteiger partial charge is 0.411 e. The zero-order valence-electron chi connectivity index (χ0n) is 18.3. The molecule has 1 amide bonds.